The number of hydrogen-bond donors (Lipinski definition) is 2. The van der Waals surface area contributed by atoms with E-state index >= 15 is 0 Å². The van der Waals surface area contributed by atoms with Crippen molar-refractivity contribution < 1.29 is 23.9 Å². The van der Waals surface area contributed by atoms with E-state index in [1.807, 2.05) is 0 Å². The molecule has 8 nitrogen and oxygen atoms in total. The van der Waals surface area contributed by atoms with Crippen LogP contribution in [0.25, 0.3) is 0 Å². The van der Waals surface area contributed by atoms with E-state index in [1.165, 1.54) is 0 Å². The lowest BCUT2D eigenvalue weighted by atomic mass is 9.74. The summed E-state index contributed by atoms with van der Waals surface area (Å²) in [5.41, 5.74) is 3.86. The highest BCUT2D eigenvalue weighted by molar-refractivity contribution is 6.24. The van der Waals surface area contributed by atoms with E-state index in [1.54, 1.807) is 45.0 Å². The summed E-state index contributed by atoms with van der Waals surface area (Å²) in [6.45, 7) is 4.80. The molecule has 2 atom stereocenters. The van der Waals surface area contributed by atoms with E-state index in [4.69, 9.17) is 10.5 Å². The Morgan fingerprint density at radius 1 is 1.27 bits per heavy atom. The fraction of sp³-hybridized carbons (Fsp3) is 0.444. The Bertz CT molecular complexity index is 813. The predicted octanol–water partition coefficient (Wildman–Crippen LogP) is 1.30. The fourth-order valence-corrected chi connectivity index (χ4v) is 3.39. The number of ether oxygens (including phenoxy) is 1. The Kier molecular flexibility index (Phi) is 4.01. The number of likely N-dealkylation sites (tertiary alicyclic amines) is 1. The SMILES string of the molecule is CC(C)(C)OC(=O)N1C[C@]2(C[C@H]1C(N)=O)C(=O)Nc1ccccc1C2=O. The number of carbonyl (C=O) groups excluding carboxylic acids is 4. The number of fused-ring (bicyclic) bond motifs is 1. The van der Waals surface area contributed by atoms with Crippen molar-refractivity contribution in [1.82, 2.24) is 4.90 Å². The van der Waals surface area contributed by atoms with E-state index in [2.05, 4.69) is 5.32 Å². The number of nitrogens with two attached hydrogens (primary N) is 1. The minimum absolute atomic E-state index is 0.166. The van der Waals surface area contributed by atoms with Gasteiger partial charge in [0.1, 0.15) is 17.1 Å². The van der Waals surface area contributed by atoms with Crippen molar-refractivity contribution in [3.63, 3.8) is 0 Å². The quantitative estimate of drug-likeness (QED) is 0.733. The molecule has 1 spiro atoms. The summed E-state index contributed by atoms with van der Waals surface area (Å²) in [5.74, 6) is -1.75. The Morgan fingerprint density at radius 3 is 2.54 bits per heavy atom. The predicted molar refractivity (Wildman–Crippen MR) is 92.4 cm³/mol. The van der Waals surface area contributed by atoms with Crippen molar-refractivity contribution >= 4 is 29.4 Å². The van der Waals surface area contributed by atoms with Gasteiger partial charge < -0.3 is 15.8 Å². The van der Waals surface area contributed by atoms with Gasteiger partial charge in [0, 0.05) is 18.5 Å². The first-order chi connectivity index (χ1) is 12.0. The Morgan fingerprint density at radius 2 is 1.92 bits per heavy atom. The smallest absolute Gasteiger partial charge is 0.411 e. The molecule has 1 aromatic rings. The number of para-hydroxylation sites is 1. The lowest BCUT2D eigenvalue weighted by Gasteiger charge is -2.32. The number of hydrogen-bond acceptors (Lipinski definition) is 5. The normalized spacial score (nSPS) is 25.0. The van der Waals surface area contributed by atoms with Crippen molar-refractivity contribution in [3.05, 3.63) is 29.8 Å². The molecular weight excluding hydrogens is 338 g/mol. The maximum atomic E-state index is 13.1. The van der Waals surface area contributed by atoms with E-state index in [9.17, 15) is 19.2 Å². The third-order valence-corrected chi connectivity index (χ3v) is 4.60. The summed E-state index contributed by atoms with van der Waals surface area (Å²) in [6.07, 6.45) is -0.946. The van der Waals surface area contributed by atoms with E-state index < -0.39 is 40.7 Å². The van der Waals surface area contributed by atoms with Crippen LogP contribution >= 0.6 is 0 Å². The van der Waals surface area contributed by atoms with Gasteiger partial charge in [-0.25, -0.2) is 4.79 Å². The second kappa shape index (κ2) is 5.82. The van der Waals surface area contributed by atoms with Crippen LogP contribution < -0.4 is 11.1 Å². The van der Waals surface area contributed by atoms with Crippen molar-refractivity contribution in [2.24, 2.45) is 11.1 Å². The molecule has 0 unspecified atom stereocenters. The number of Topliss-reactive ketones (excluding diaryl/α,β-unsaturated/α-hetero) is 1. The number of benzene rings is 1. The van der Waals surface area contributed by atoms with Crippen molar-refractivity contribution in [2.45, 2.75) is 38.8 Å². The first-order valence-electron chi connectivity index (χ1n) is 8.29. The Hall–Kier alpha value is -2.90. The molecule has 1 fully saturated rings. The Balaban J connectivity index is 1.99. The van der Waals surface area contributed by atoms with Gasteiger partial charge in [-0.15, -0.1) is 0 Å². The summed E-state index contributed by atoms with van der Waals surface area (Å²) >= 11 is 0. The topological polar surface area (TPSA) is 119 Å². The van der Waals surface area contributed by atoms with Crippen LogP contribution in [0.4, 0.5) is 10.5 Å². The van der Waals surface area contributed by atoms with Gasteiger partial charge in [-0.3, -0.25) is 19.3 Å². The van der Waals surface area contributed by atoms with Crippen LogP contribution in [0.5, 0.6) is 0 Å². The largest absolute Gasteiger partial charge is 0.444 e. The number of amides is 3. The van der Waals surface area contributed by atoms with Crippen LogP contribution in [0, 0.1) is 5.41 Å². The third kappa shape index (κ3) is 2.81. The first kappa shape index (κ1) is 17.9. The van der Waals surface area contributed by atoms with Gasteiger partial charge in [-0.2, -0.15) is 0 Å². The van der Waals surface area contributed by atoms with Gasteiger partial charge in [0.15, 0.2) is 5.78 Å². The minimum Gasteiger partial charge on any atom is -0.444 e. The van der Waals surface area contributed by atoms with Crippen LogP contribution in [0.3, 0.4) is 0 Å². The molecule has 0 bridgehead atoms. The zero-order valence-corrected chi connectivity index (χ0v) is 14.9. The van der Waals surface area contributed by atoms with Gasteiger partial charge in [-0.1, -0.05) is 12.1 Å². The monoisotopic (exact) mass is 359 g/mol. The van der Waals surface area contributed by atoms with E-state index in [0.717, 1.165) is 4.90 Å². The number of ketones is 1. The first-order valence-corrected chi connectivity index (χ1v) is 8.29. The summed E-state index contributed by atoms with van der Waals surface area (Å²) in [4.78, 5) is 51.3. The average Bonchev–Trinajstić information content (AvgIpc) is 2.94. The number of nitrogens with one attached hydrogen (secondary N) is 1. The van der Waals surface area contributed by atoms with Gasteiger partial charge in [-0.05, 0) is 32.9 Å². The zero-order valence-electron chi connectivity index (χ0n) is 14.9. The second-order valence-corrected chi connectivity index (χ2v) is 7.64. The van der Waals surface area contributed by atoms with Crippen molar-refractivity contribution in [1.29, 1.82) is 0 Å². The third-order valence-electron chi connectivity index (χ3n) is 4.60. The number of nitrogens with zero attached hydrogens (tertiary/aromatic N) is 1. The van der Waals surface area contributed by atoms with Crippen molar-refractivity contribution in [2.75, 3.05) is 11.9 Å². The number of carbonyl (C=O) groups is 4. The molecule has 138 valence electrons. The summed E-state index contributed by atoms with van der Waals surface area (Å²) in [5, 5.41) is 2.70. The molecule has 1 saturated heterocycles. The molecule has 3 rings (SSSR count). The van der Waals surface area contributed by atoms with Crippen LogP contribution in [-0.2, 0) is 14.3 Å². The molecule has 3 amide bonds. The lowest BCUT2D eigenvalue weighted by molar-refractivity contribution is -0.123. The Labute approximate surface area is 150 Å². The van der Waals surface area contributed by atoms with Gasteiger partial charge >= 0.3 is 6.09 Å². The molecule has 1 aromatic carbocycles. The van der Waals surface area contributed by atoms with Gasteiger partial charge in [0.2, 0.25) is 11.8 Å². The molecular formula is C18H21N3O5. The van der Waals surface area contributed by atoms with Crippen LogP contribution in [0.15, 0.2) is 24.3 Å². The van der Waals surface area contributed by atoms with Gasteiger partial charge in [0.05, 0.1) is 5.69 Å². The second-order valence-electron chi connectivity index (χ2n) is 7.64. The molecule has 0 saturated carbocycles. The van der Waals surface area contributed by atoms with Crippen LogP contribution in [-0.4, -0.2) is 46.8 Å². The molecule has 0 aromatic heterocycles. The zero-order chi connectivity index (χ0) is 19.3. The summed E-state index contributed by atoms with van der Waals surface area (Å²) in [7, 11) is 0. The average molecular weight is 359 g/mol. The molecule has 2 aliphatic rings. The van der Waals surface area contributed by atoms with Crippen LogP contribution in [0.2, 0.25) is 0 Å². The number of anilines is 1. The summed E-state index contributed by atoms with van der Waals surface area (Å²) in [6, 6.07) is 5.54. The molecule has 26 heavy (non-hydrogen) atoms. The molecule has 0 aliphatic carbocycles. The fourth-order valence-electron chi connectivity index (χ4n) is 3.39. The molecule has 3 N–H and O–H groups in total. The highest BCUT2D eigenvalue weighted by atomic mass is 16.6. The molecule has 0 radical (unpaired) electrons. The number of rotatable bonds is 1. The number of primary amides is 1. The maximum absolute atomic E-state index is 13.1. The minimum atomic E-state index is -1.55. The highest BCUT2D eigenvalue weighted by Crippen LogP contribution is 2.43. The maximum Gasteiger partial charge on any atom is 0.411 e. The van der Waals surface area contributed by atoms with Crippen LogP contribution in [0.1, 0.15) is 37.6 Å². The molecule has 2 aliphatic heterocycles. The highest BCUT2D eigenvalue weighted by Gasteiger charge is 2.59. The summed E-state index contributed by atoms with van der Waals surface area (Å²) < 4.78 is 5.31. The van der Waals surface area contributed by atoms with Gasteiger partial charge in [0.25, 0.3) is 0 Å². The lowest BCUT2D eigenvalue weighted by Crippen LogP contribution is -2.49. The van der Waals surface area contributed by atoms with E-state index in [0.29, 0.717) is 11.3 Å². The van der Waals surface area contributed by atoms with E-state index in [-0.39, 0.29) is 13.0 Å². The molecule has 8 heteroatoms. The van der Waals surface area contributed by atoms with Crippen molar-refractivity contribution in [3.8, 4) is 0 Å². The molecule has 2 heterocycles. The standard InChI is InChI=1S/C18H21N3O5/c1-17(2,3)26-16(25)21-9-18(8-12(21)14(19)23)13(22)10-6-4-5-7-11(10)20-15(18)24/h4-7,12H,8-9H2,1-3H3,(H2,19,23)(H,20,24)/t12-,18-/m0/s1.